The quantitative estimate of drug-likeness (QED) is 0.616. The monoisotopic (exact) mass is 241 g/mol. The summed E-state index contributed by atoms with van der Waals surface area (Å²) in [5.74, 6) is 3.33. The summed E-state index contributed by atoms with van der Waals surface area (Å²) in [5, 5.41) is 3.55. The van der Waals surface area contributed by atoms with Crippen LogP contribution >= 0.6 is 0 Å². The van der Waals surface area contributed by atoms with Crippen LogP contribution in [0.3, 0.4) is 0 Å². The summed E-state index contributed by atoms with van der Waals surface area (Å²) in [4.78, 5) is 0. The van der Waals surface area contributed by atoms with E-state index in [1.54, 1.807) is 0 Å². The summed E-state index contributed by atoms with van der Waals surface area (Å²) in [6.07, 6.45) is 5.31. The molecule has 17 heavy (non-hydrogen) atoms. The Morgan fingerprint density at radius 2 is 1.47 bits per heavy atom. The summed E-state index contributed by atoms with van der Waals surface area (Å²) >= 11 is 0. The van der Waals surface area contributed by atoms with E-state index in [0.717, 1.165) is 23.7 Å². The van der Waals surface area contributed by atoms with Gasteiger partial charge in [0.2, 0.25) is 0 Å². The van der Waals surface area contributed by atoms with Crippen molar-refractivity contribution in [2.75, 3.05) is 7.05 Å². The van der Waals surface area contributed by atoms with Gasteiger partial charge in [-0.3, -0.25) is 0 Å². The lowest BCUT2D eigenvalue weighted by Crippen LogP contribution is -2.35. The van der Waals surface area contributed by atoms with E-state index in [2.05, 4.69) is 53.9 Å². The van der Waals surface area contributed by atoms with Crippen molar-refractivity contribution in [3.05, 3.63) is 0 Å². The third-order valence-electron chi connectivity index (χ3n) is 4.55. The van der Waals surface area contributed by atoms with Crippen LogP contribution in [0.1, 0.15) is 67.2 Å². The first-order valence-electron chi connectivity index (χ1n) is 7.63. The first kappa shape index (κ1) is 17.0. The van der Waals surface area contributed by atoms with Gasteiger partial charge in [0.05, 0.1) is 0 Å². The van der Waals surface area contributed by atoms with Gasteiger partial charge in [-0.25, -0.2) is 0 Å². The second-order valence-corrected chi connectivity index (χ2v) is 6.27. The minimum atomic E-state index is 0.691. The maximum Gasteiger partial charge on any atom is 0.00925 e. The Kier molecular flexibility index (Phi) is 8.94. The van der Waals surface area contributed by atoms with Crippen LogP contribution < -0.4 is 5.32 Å². The Balaban J connectivity index is 4.29. The fourth-order valence-corrected chi connectivity index (χ4v) is 2.84. The van der Waals surface area contributed by atoms with Crippen LogP contribution in [0.4, 0.5) is 0 Å². The van der Waals surface area contributed by atoms with E-state index in [0.29, 0.717) is 6.04 Å². The van der Waals surface area contributed by atoms with Gasteiger partial charge in [-0.15, -0.1) is 0 Å². The fourth-order valence-electron chi connectivity index (χ4n) is 2.84. The van der Waals surface area contributed by atoms with Crippen LogP contribution in [0, 0.1) is 23.7 Å². The fraction of sp³-hybridized carbons (Fsp3) is 1.00. The number of nitrogens with one attached hydrogen (secondary N) is 1. The van der Waals surface area contributed by atoms with Gasteiger partial charge in [0.1, 0.15) is 0 Å². The third-order valence-corrected chi connectivity index (χ3v) is 4.55. The van der Waals surface area contributed by atoms with E-state index in [1.165, 1.54) is 25.7 Å². The molecule has 1 heteroatoms. The normalized spacial score (nSPS) is 19.1. The van der Waals surface area contributed by atoms with Gasteiger partial charge in [-0.1, -0.05) is 54.4 Å². The molecule has 0 heterocycles. The van der Waals surface area contributed by atoms with Crippen molar-refractivity contribution in [3.8, 4) is 0 Å². The topological polar surface area (TPSA) is 12.0 Å². The Hall–Kier alpha value is -0.0400. The molecule has 0 aromatic rings. The average Bonchev–Trinajstić information content (AvgIpc) is 2.29. The summed E-state index contributed by atoms with van der Waals surface area (Å²) in [7, 11) is 2.13. The largest absolute Gasteiger partial charge is 0.317 e. The lowest BCUT2D eigenvalue weighted by atomic mass is 9.81. The predicted molar refractivity (Wildman–Crippen MR) is 79.3 cm³/mol. The van der Waals surface area contributed by atoms with Gasteiger partial charge in [0.25, 0.3) is 0 Å². The lowest BCUT2D eigenvalue weighted by molar-refractivity contribution is 0.242. The molecule has 0 bridgehead atoms. The highest BCUT2D eigenvalue weighted by Crippen LogP contribution is 2.26. The van der Waals surface area contributed by atoms with Crippen molar-refractivity contribution in [1.82, 2.24) is 5.32 Å². The lowest BCUT2D eigenvalue weighted by Gasteiger charge is -2.30. The highest BCUT2D eigenvalue weighted by atomic mass is 14.9. The molecular formula is C16H35N. The van der Waals surface area contributed by atoms with Gasteiger partial charge < -0.3 is 5.32 Å². The molecule has 0 saturated heterocycles. The van der Waals surface area contributed by atoms with E-state index in [-0.39, 0.29) is 0 Å². The van der Waals surface area contributed by atoms with E-state index >= 15 is 0 Å². The molecule has 4 unspecified atom stereocenters. The molecule has 1 nitrogen and oxygen atoms in total. The summed E-state index contributed by atoms with van der Waals surface area (Å²) in [5.41, 5.74) is 0. The van der Waals surface area contributed by atoms with Crippen molar-refractivity contribution in [2.24, 2.45) is 23.7 Å². The highest BCUT2D eigenvalue weighted by molar-refractivity contribution is 4.77. The SMILES string of the molecule is CCC(C)CC(C)C(CC(CC)C(C)C)NC. The van der Waals surface area contributed by atoms with Crippen LogP contribution in [0.5, 0.6) is 0 Å². The van der Waals surface area contributed by atoms with Crippen LogP contribution in [0.2, 0.25) is 0 Å². The molecule has 0 aliphatic heterocycles. The van der Waals surface area contributed by atoms with Crippen molar-refractivity contribution in [3.63, 3.8) is 0 Å². The smallest absolute Gasteiger partial charge is 0.00925 e. The Morgan fingerprint density at radius 3 is 1.82 bits per heavy atom. The van der Waals surface area contributed by atoms with Crippen molar-refractivity contribution >= 4 is 0 Å². The number of hydrogen-bond acceptors (Lipinski definition) is 1. The molecule has 0 radical (unpaired) electrons. The molecule has 0 aliphatic carbocycles. The molecule has 0 amide bonds. The molecule has 0 fully saturated rings. The van der Waals surface area contributed by atoms with Gasteiger partial charge in [0, 0.05) is 6.04 Å². The Morgan fingerprint density at radius 1 is 0.882 bits per heavy atom. The van der Waals surface area contributed by atoms with Crippen LogP contribution in [-0.2, 0) is 0 Å². The van der Waals surface area contributed by atoms with Crippen LogP contribution in [-0.4, -0.2) is 13.1 Å². The van der Waals surface area contributed by atoms with E-state index in [4.69, 9.17) is 0 Å². The molecule has 104 valence electrons. The average molecular weight is 241 g/mol. The summed E-state index contributed by atoms with van der Waals surface area (Å²) < 4.78 is 0. The molecule has 0 rings (SSSR count). The van der Waals surface area contributed by atoms with Crippen LogP contribution in [0.25, 0.3) is 0 Å². The molecular weight excluding hydrogens is 206 g/mol. The predicted octanol–water partition coefficient (Wildman–Crippen LogP) is 4.72. The first-order chi connectivity index (χ1) is 7.96. The van der Waals surface area contributed by atoms with Gasteiger partial charge in [0.15, 0.2) is 0 Å². The summed E-state index contributed by atoms with van der Waals surface area (Å²) in [6, 6.07) is 0.691. The maximum atomic E-state index is 3.55. The minimum absolute atomic E-state index is 0.691. The van der Waals surface area contributed by atoms with E-state index < -0.39 is 0 Å². The first-order valence-corrected chi connectivity index (χ1v) is 7.63. The number of rotatable bonds is 9. The molecule has 0 aromatic heterocycles. The highest BCUT2D eigenvalue weighted by Gasteiger charge is 2.22. The zero-order valence-corrected chi connectivity index (χ0v) is 13.2. The maximum absolute atomic E-state index is 3.55. The second kappa shape index (κ2) is 8.97. The molecule has 0 aromatic carbocycles. The molecule has 0 aliphatic rings. The summed E-state index contributed by atoms with van der Waals surface area (Å²) in [6.45, 7) is 14.1. The Bertz CT molecular complexity index is 176. The molecule has 1 N–H and O–H groups in total. The van der Waals surface area contributed by atoms with Crippen molar-refractivity contribution < 1.29 is 0 Å². The van der Waals surface area contributed by atoms with Gasteiger partial charge in [-0.2, -0.15) is 0 Å². The van der Waals surface area contributed by atoms with E-state index in [1.807, 2.05) is 0 Å². The molecule has 0 saturated carbocycles. The van der Waals surface area contributed by atoms with E-state index in [9.17, 15) is 0 Å². The van der Waals surface area contributed by atoms with Gasteiger partial charge >= 0.3 is 0 Å². The van der Waals surface area contributed by atoms with Gasteiger partial charge in [-0.05, 0) is 43.6 Å². The second-order valence-electron chi connectivity index (χ2n) is 6.27. The van der Waals surface area contributed by atoms with Crippen molar-refractivity contribution in [1.29, 1.82) is 0 Å². The standard InChI is InChI=1S/C16H35N/c1-8-13(5)10-14(6)16(17-7)11-15(9-2)12(3)4/h12-17H,8-11H2,1-7H3. The third kappa shape index (κ3) is 6.45. The number of hydrogen-bond donors (Lipinski definition) is 1. The van der Waals surface area contributed by atoms with Crippen molar-refractivity contribution in [2.45, 2.75) is 73.3 Å². The zero-order valence-electron chi connectivity index (χ0n) is 13.2. The zero-order chi connectivity index (χ0) is 13.4. The molecule has 4 atom stereocenters. The molecule has 0 spiro atoms. The minimum Gasteiger partial charge on any atom is -0.317 e. The Labute approximate surface area is 110 Å². The van der Waals surface area contributed by atoms with Crippen LogP contribution in [0.15, 0.2) is 0 Å².